The van der Waals surface area contributed by atoms with Gasteiger partial charge in [0.05, 0.1) is 41.6 Å². The number of hydrogen-bond donors (Lipinski definition) is 0. The topological polar surface area (TPSA) is 135 Å². The van der Waals surface area contributed by atoms with Crippen molar-refractivity contribution in [3.05, 3.63) is 82.2 Å². The second kappa shape index (κ2) is 17.9. The van der Waals surface area contributed by atoms with Crippen LogP contribution in [0.1, 0.15) is 110 Å². The molecule has 1 saturated carbocycles. The predicted molar refractivity (Wildman–Crippen MR) is 216 cm³/mol. The number of carbonyl (C=O) groups is 2. The van der Waals surface area contributed by atoms with Crippen molar-refractivity contribution in [3.8, 4) is 16.9 Å². The molecule has 2 amide bonds. The number of pyridine rings is 2. The van der Waals surface area contributed by atoms with Crippen molar-refractivity contribution in [2.45, 2.75) is 96.6 Å². The van der Waals surface area contributed by atoms with Gasteiger partial charge in [0, 0.05) is 62.8 Å². The van der Waals surface area contributed by atoms with Gasteiger partial charge in [-0.05, 0) is 62.8 Å². The monoisotopic (exact) mass is 785 g/mol. The molecule has 1 aliphatic carbocycles. The molecule has 13 heteroatoms. The highest BCUT2D eigenvalue weighted by atomic mass is 32.2. The Morgan fingerprint density at radius 3 is 2.16 bits per heavy atom. The van der Waals surface area contributed by atoms with E-state index in [1.165, 1.54) is 17.7 Å². The van der Waals surface area contributed by atoms with Crippen molar-refractivity contribution in [2.24, 2.45) is 13.0 Å². The fourth-order valence-electron chi connectivity index (χ4n) is 7.97. The van der Waals surface area contributed by atoms with Crippen LogP contribution in [0, 0.1) is 5.92 Å². The zero-order valence-corrected chi connectivity index (χ0v) is 33.6. The summed E-state index contributed by atoms with van der Waals surface area (Å²) in [5, 5.41) is 0.508. The first-order valence-electron chi connectivity index (χ1n) is 20.5. The van der Waals surface area contributed by atoms with Crippen LogP contribution in [0.4, 0.5) is 0 Å². The van der Waals surface area contributed by atoms with Crippen LogP contribution in [-0.4, -0.2) is 88.5 Å². The van der Waals surface area contributed by atoms with Crippen molar-refractivity contribution in [3.63, 3.8) is 0 Å². The van der Waals surface area contributed by atoms with Gasteiger partial charge in [-0.3, -0.25) is 29.2 Å². The maximum Gasteiger partial charge on any atom is 0.261 e. The molecule has 2 fully saturated rings. The van der Waals surface area contributed by atoms with E-state index in [4.69, 9.17) is 9.15 Å². The lowest BCUT2D eigenvalue weighted by Crippen LogP contribution is -2.53. The molecule has 0 bridgehead atoms. The van der Waals surface area contributed by atoms with Gasteiger partial charge in [0.2, 0.25) is 10.0 Å². The van der Waals surface area contributed by atoms with Gasteiger partial charge in [0.15, 0.2) is 0 Å². The lowest BCUT2D eigenvalue weighted by Gasteiger charge is -2.38. The number of ether oxygens (including phenoxy) is 1. The molecule has 12 nitrogen and oxygen atoms in total. The standard InChI is InChI=1S/C43H55N5O7S/c1-31-27-47(56(52,53)24-14-10-8-6-4-3-5-7-9-13-21-48-42(50)35-15-11-12-16-36(35)43(48)51)23-22-46(31)28-33-25-37-40(55-33)38(29-45(2)41(37)49)34-19-20-44-26-39(34)54-30-32-17-18-32/h11-12,15-16,19-20,25-26,29,31-32H,3-10,13-14,17-18,21-24,27-28,30H2,1-2H3/t31-/m1/s1. The lowest BCUT2D eigenvalue weighted by molar-refractivity contribution is 0.0651. The number of amides is 2. The SMILES string of the molecule is C[C@@H]1CN(S(=O)(=O)CCCCCCCCCCCCN2C(=O)c3ccccc3C2=O)CCN1Cc1cc2c(=O)n(C)cc(-c3ccncc3OCC3CC3)c2o1. The molecule has 56 heavy (non-hydrogen) atoms. The highest BCUT2D eigenvalue weighted by Crippen LogP contribution is 2.37. The number of carbonyl (C=O) groups excluding carboxylic acids is 2. The number of hydrogen-bond acceptors (Lipinski definition) is 9. The van der Waals surface area contributed by atoms with Crippen LogP contribution in [-0.2, 0) is 23.6 Å². The Hall–Kier alpha value is -4.33. The first-order valence-corrected chi connectivity index (χ1v) is 22.1. The molecule has 7 rings (SSSR count). The zero-order chi connectivity index (χ0) is 39.2. The number of piperazine rings is 1. The van der Waals surface area contributed by atoms with Crippen LogP contribution in [0.5, 0.6) is 5.75 Å². The number of aromatic nitrogens is 2. The third-order valence-electron chi connectivity index (χ3n) is 11.5. The van der Waals surface area contributed by atoms with Crippen LogP contribution in [0.25, 0.3) is 22.1 Å². The number of imide groups is 1. The molecular formula is C43H55N5O7S. The van der Waals surface area contributed by atoms with Crippen molar-refractivity contribution in [1.29, 1.82) is 0 Å². The number of nitrogens with zero attached hydrogens (tertiary/aromatic N) is 5. The maximum atomic E-state index is 13.3. The largest absolute Gasteiger partial charge is 0.491 e. The molecule has 4 aromatic rings. The van der Waals surface area contributed by atoms with E-state index in [-0.39, 0.29) is 29.2 Å². The summed E-state index contributed by atoms with van der Waals surface area (Å²) in [6, 6.07) is 10.7. The lowest BCUT2D eigenvalue weighted by atomic mass is 10.1. The van der Waals surface area contributed by atoms with Crippen LogP contribution < -0.4 is 10.3 Å². The van der Waals surface area contributed by atoms with Crippen LogP contribution in [0.15, 0.2) is 64.2 Å². The van der Waals surface area contributed by atoms with Gasteiger partial charge in [-0.25, -0.2) is 8.42 Å². The van der Waals surface area contributed by atoms with Gasteiger partial charge in [-0.15, -0.1) is 0 Å². The van der Waals surface area contributed by atoms with Crippen molar-refractivity contribution in [1.82, 2.24) is 23.7 Å². The summed E-state index contributed by atoms with van der Waals surface area (Å²) in [4.78, 5) is 46.1. The third kappa shape index (κ3) is 9.27. The summed E-state index contributed by atoms with van der Waals surface area (Å²) in [5.41, 5.74) is 3.01. The quantitative estimate of drug-likeness (QED) is 0.0685. The van der Waals surface area contributed by atoms with Crippen molar-refractivity contribution >= 4 is 32.8 Å². The molecule has 0 N–H and O–H groups in total. The number of fused-ring (bicyclic) bond motifs is 2. The number of benzene rings is 1. The fourth-order valence-corrected chi connectivity index (χ4v) is 9.60. The normalized spacial score (nSPS) is 18.0. The van der Waals surface area contributed by atoms with Gasteiger partial charge < -0.3 is 13.7 Å². The van der Waals surface area contributed by atoms with E-state index in [0.717, 1.165) is 68.9 Å². The Bertz CT molecular complexity index is 2160. The molecule has 1 saturated heterocycles. The molecule has 5 heterocycles. The number of rotatable bonds is 20. The Morgan fingerprint density at radius 1 is 0.839 bits per heavy atom. The minimum Gasteiger partial charge on any atom is -0.491 e. The molecular weight excluding hydrogens is 731 g/mol. The van der Waals surface area contributed by atoms with E-state index in [9.17, 15) is 22.8 Å². The van der Waals surface area contributed by atoms with E-state index in [1.807, 2.05) is 19.1 Å². The predicted octanol–water partition coefficient (Wildman–Crippen LogP) is 7.02. The third-order valence-corrected chi connectivity index (χ3v) is 13.5. The van der Waals surface area contributed by atoms with Crippen molar-refractivity contribution < 1.29 is 27.2 Å². The first kappa shape index (κ1) is 39.9. The highest BCUT2D eigenvalue weighted by molar-refractivity contribution is 7.89. The summed E-state index contributed by atoms with van der Waals surface area (Å²) >= 11 is 0. The Morgan fingerprint density at radius 2 is 1.50 bits per heavy atom. The maximum absolute atomic E-state index is 13.3. The summed E-state index contributed by atoms with van der Waals surface area (Å²) in [6.45, 7) is 5.07. The van der Waals surface area contributed by atoms with Gasteiger partial charge in [0.25, 0.3) is 17.4 Å². The molecule has 1 atom stereocenters. The van der Waals surface area contributed by atoms with Gasteiger partial charge in [-0.1, -0.05) is 63.5 Å². The second-order valence-electron chi connectivity index (χ2n) is 15.9. The Kier molecular flexibility index (Phi) is 12.7. The van der Waals surface area contributed by atoms with E-state index in [0.29, 0.717) is 85.3 Å². The van der Waals surface area contributed by atoms with Crippen LogP contribution in [0.3, 0.4) is 0 Å². The number of sulfonamides is 1. The molecule has 3 aliphatic rings. The molecule has 0 radical (unpaired) electrons. The van der Waals surface area contributed by atoms with Gasteiger partial charge in [-0.2, -0.15) is 4.31 Å². The average Bonchev–Trinajstić information content (AvgIpc) is 3.88. The smallest absolute Gasteiger partial charge is 0.261 e. The summed E-state index contributed by atoms with van der Waals surface area (Å²) < 4.78 is 42.4. The minimum absolute atomic E-state index is 0.0148. The summed E-state index contributed by atoms with van der Waals surface area (Å²) in [5.74, 6) is 1.74. The molecule has 3 aromatic heterocycles. The number of aryl methyl sites for hydroxylation is 1. The summed E-state index contributed by atoms with van der Waals surface area (Å²) in [6.07, 6.45) is 17.6. The molecule has 300 valence electrons. The van der Waals surface area contributed by atoms with E-state index in [2.05, 4.69) is 9.88 Å². The van der Waals surface area contributed by atoms with Crippen molar-refractivity contribution in [2.75, 3.05) is 38.5 Å². The Labute approximate surface area is 329 Å². The van der Waals surface area contributed by atoms with Gasteiger partial charge in [0.1, 0.15) is 17.1 Å². The molecule has 0 unspecified atom stereocenters. The minimum atomic E-state index is -3.35. The van der Waals surface area contributed by atoms with Crippen LogP contribution in [0.2, 0.25) is 0 Å². The fraction of sp³-hybridized carbons (Fsp3) is 0.535. The second-order valence-corrected chi connectivity index (χ2v) is 18.0. The van der Waals surface area contributed by atoms with E-state index < -0.39 is 10.0 Å². The molecule has 1 aromatic carbocycles. The zero-order valence-electron chi connectivity index (χ0n) is 32.8. The Balaban J connectivity index is 0.801. The average molecular weight is 786 g/mol. The van der Waals surface area contributed by atoms with E-state index >= 15 is 0 Å². The molecule has 0 spiro atoms. The number of furan rings is 1. The first-order chi connectivity index (χ1) is 27.1. The summed E-state index contributed by atoms with van der Waals surface area (Å²) in [7, 11) is -1.61. The van der Waals surface area contributed by atoms with Crippen LogP contribution >= 0.6 is 0 Å². The molecule has 2 aliphatic heterocycles. The van der Waals surface area contributed by atoms with Gasteiger partial charge >= 0.3 is 0 Å². The number of unbranched alkanes of at least 4 members (excludes halogenated alkanes) is 9. The highest BCUT2D eigenvalue weighted by Gasteiger charge is 2.35. The van der Waals surface area contributed by atoms with E-state index in [1.54, 1.807) is 58.8 Å².